The zero-order chi connectivity index (χ0) is 18.2. The first kappa shape index (κ1) is 17.8. The molecule has 0 aliphatic carbocycles. The number of aliphatic hydroxyl groups excluding tert-OH is 1. The summed E-state index contributed by atoms with van der Waals surface area (Å²) in [6, 6.07) is 3.38. The predicted octanol–water partition coefficient (Wildman–Crippen LogP) is 1.09. The third-order valence-corrected chi connectivity index (χ3v) is 5.91. The van der Waals surface area contributed by atoms with Crippen LogP contribution in [0.2, 0.25) is 0 Å². The highest BCUT2D eigenvalue weighted by molar-refractivity contribution is 5.92. The maximum absolute atomic E-state index is 12.5. The Bertz CT molecular complexity index is 654. The molecule has 2 aliphatic heterocycles. The minimum absolute atomic E-state index is 0.0128. The average molecular weight is 346 g/mol. The molecule has 0 saturated carbocycles. The molecule has 136 valence electrons. The molecule has 2 aliphatic rings. The number of nitrogens with zero attached hydrogens (tertiary/aromatic N) is 4. The minimum atomic E-state index is -0.563. The lowest BCUT2D eigenvalue weighted by Gasteiger charge is -2.55. The van der Waals surface area contributed by atoms with Crippen molar-refractivity contribution in [2.24, 2.45) is 5.41 Å². The lowest BCUT2D eigenvalue weighted by Crippen LogP contribution is -2.64. The van der Waals surface area contributed by atoms with Gasteiger partial charge in [0.1, 0.15) is 0 Å². The van der Waals surface area contributed by atoms with Crippen LogP contribution in [0, 0.1) is 5.41 Å². The summed E-state index contributed by atoms with van der Waals surface area (Å²) in [5.41, 5.74) is -0.322. The average Bonchev–Trinajstić information content (AvgIpc) is 2.59. The third-order valence-electron chi connectivity index (χ3n) is 5.91. The van der Waals surface area contributed by atoms with E-state index >= 15 is 0 Å². The summed E-state index contributed by atoms with van der Waals surface area (Å²) in [5.74, 6) is -0.121. The molecule has 0 aromatic carbocycles. The molecule has 2 saturated heterocycles. The summed E-state index contributed by atoms with van der Waals surface area (Å²) < 4.78 is 0. The number of carbonyl (C=O) groups excluding carboxylic acids is 2. The second-order valence-corrected chi connectivity index (χ2v) is 7.88. The molecule has 3 rings (SSSR count). The molecule has 1 aromatic rings. The van der Waals surface area contributed by atoms with Gasteiger partial charge in [-0.25, -0.2) is 0 Å². The van der Waals surface area contributed by atoms with Gasteiger partial charge in [-0.3, -0.25) is 9.59 Å². The van der Waals surface area contributed by atoms with E-state index in [1.54, 1.807) is 35.1 Å². The van der Waals surface area contributed by atoms with E-state index in [2.05, 4.69) is 10.2 Å². The number of hydrogen-bond acceptors (Lipinski definition) is 5. The molecule has 7 nitrogen and oxygen atoms in total. The monoisotopic (exact) mass is 346 g/mol. The topological polar surface area (TPSA) is 86.6 Å². The molecule has 1 spiro atoms. The van der Waals surface area contributed by atoms with Crippen molar-refractivity contribution < 1.29 is 14.7 Å². The van der Waals surface area contributed by atoms with E-state index in [0.29, 0.717) is 31.7 Å². The normalized spacial score (nSPS) is 25.0. The van der Waals surface area contributed by atoms with Crippen LogP contribution in [0.25, 0.3) is 0 Å². The Balaban J connectivity index is 1.71. The van der Waals surface area contributed by atoms with Crippen molar-refractivity contribution in [1.82, 2.24) is 20.0 Å². The summed E-state index contributed by atoms with van der Waals surface area (Å²) in [4.78, 5) is 28.2. The zero-order valence-electron chi connectivity index (χ0n) is 15.1. The van der Waals surface area contributed by atoms with Gasteiger partial charge in [0.25, 0.3) is 5.91 Å². The summed E-state index contributed by atoms with van der Waals surface area (Å²) in [7, 11) is 0. The van der Waals surface area contributed by atoms with Crippen LogP contribution in [0.1, 0.15) is 50.5 Å². The SMILES string of the molecule is CC(=O)N1CC2(CCN(C(=O)c3cccnn3)CC2)CC(O)C1(C)C. The molecule has 25 heavy (non-hydrogen) atoms. The van der Waals surface area contributed by atoms with Crippen LogP contribution < -0.4 is 0 Å². The van der Waals surface area contributed by atoms with Crippen LogP contribution in [0.15, 0.2) is 18.3 Å². The first-order chi connectivity index (χ1) is 11.8. The van der Waals surface area contributed by atoms with Crippen molar-refractivity contribution in [3.8, 4) is 0 Å². The Kier molecular flexibility index (Phi) is 4.53. The Labute approximate surface area is 148 Å². The number of piperidine rings is 2. The first-order valence-corrected chi connectivity index (χ1v) is 8.78. The van der Waals surface area contributed by atoms with E-state index in [-0.39, 0.29) is 17.2 Å². The van der Waals surface area contributed by atoms with Crippen LogP contribution in [0.3, 0.4) is 0 Å². The standard InChI is InChI=1S/C18H26N4O3/c1-13(23)22-12-18(11-15(24)17(22,2)3)6-9-21(10-7-18)16(25)14-5-4-8-19-20-14/h4-5,8,15,24H,6-7,9-12H2,1-3H3. The highest BCUT2D eigenvalue weighted by atomic mass is 16.3. The smallest absolute Gasteiger partial charge is 0.274 e. The van der Waals surface area contributed by atoms with E-state index < -0.39 is 11.6 Å². The predicted molar refractivity (Wildman–Crippen MR) is 91.7 cm³/mol. The van der Waals surface area contributed by atoms with Gasteiger partial charge >= 0.3 is 0 Å². The highest BCUT2D eigenvalue weighted by Crippen LogP contribution is 2.45. The van der Waals surface area contributed by atoms with E-state index in [4.69, 9.17) is 0 Å². The van der Waals surface area contributed by atoms with Crippen LogP contribution in [0.5, 0.6) is 0 Å². The Morgan fingerprint density at radius 2 is 1.96 bits per heavy atom. The molecule has 1 N–H and O–H groups in total. The Morgan fingerprint density at radius 3 is 2.52 bits per heavy atom. The Morgan fingerprint density at radius 1 is 1.28 bits per heavy atom. The second-order valence-electron chi connectivity index (χ2n) is 7.88. The van der Waals surface area contributed by atoms with E-state index in [1.807, 2.05) is 13.8 Å². The summed E-state index contributed by atoms with van der Waals surface area (Å²) >= 11 is 0. The number of rotatable bonds is 1. The van der Waals surface area contributed by atoms with Gasteiger partial charge in [-0.05, 0) is 50.7 Å². The Hall–Kier alpha value is -2.02. The fourth-order valence-corrected chi connectivity index (χ4v) is 4.08. The molecule has 2 fully saturated rings. The van der Waals surface area contributed by atoms with Gasteiger partial charge in [0.15, 0.2) is 5.69 Å². The van der Waals surface area contributed by atoms with Crippen molar-refractivity contribution in [3.63, 3.8) is 0 Å². The van der Waals surface area contributed by atoms with Gasteiger partial charge < -0.3 is 14.9 Å². The lowest BCUT2D eigenvalue weighted by molar-refractivity contribution is -0.156. The third kappa shape index (κ3) is 3.25. The van der Waals surface area contributed by atoms with Crippen molar-refractivity contribution >= 4 is 11.8 Å². The second kappa shape index (κ2) is 6.37. The first-order valence-electron chi connectivity index (χ1n) is 8.78. The molecular formula is C18H26N4O3. The van der Waals surface area contributed by atoms with Crippen molar-refractivity contribution in [3.05, 3.63) is 24.0 Å². The molecular weight excluding hydrogens is 320 g/mol. The van der Waals surface area contributed by atoms with Crippen molar-refractivity contribution in [2.75, 3.05) is 19.6 Å². The number of hydrogen-bond donors (Lipinski definition) is 1. The molecule has 0 bridgehead atoms. The number of aromatic nitrogens is 2. The minimum Gasteiger partial charge on any atom is -0.391 e. The quantitative estimate of drug-likeness (QED) is 0.823. The van der Waals surface area contributed by atoms with Gasteiger partial charge in [-0.2, -0.15) is 5.10 Å². The van der Waals surface area contributed by atoms with Gasteiger partial charge in [0.05, 0.1) is 11.6 Å². The van der Waals surface area contributed by atoms with Crippen molar-refractivity contribution in [2.45, 2.75) is 51.7 Å². The number of carbonyl (C=O) groups is 2. The molecule has 0 radical (unpaired) electrons. The summed E-state index contributed by atoms with van der Waals surface area (Å²) in [6.07, 6.45) is 3.19. The largest absolute Gasteiger partial charge is 0.391 e. The molecule has 7 heteroatoms. The lowest BCUT2D eigenvalue weighted by atomic mass is 9.67. The van der Waals surface area contributed by atoms with E-state index in [9.17, 15) is 14.7 Å². The van der Waals surface area contributed by atoms with Crippen LogP contribution in [-0.2, 0) is 4.79 Å². The molecule has 1 unspecified atom stereocenters. The van der Waals surface area contributed by atoms with Crippen LogP contribution in [-0.4, -0.2) is 68.2 Å². The van der Waals surface area contributed by atoms with E-state index in [0.717, 1.165) is 12.8 Å². The number of likely N-dealkylation sites (tertiary alicyclic amines) is 2. The molecule has 1 aromatic heterocycles. The summed E-state index contributed by atoms with van der Waals surface area (Å²) in [6.45, 7) is 7.24. The van der Waals surface area contributed by atoms with Gasteiger partial charge in [-0.15, -0.1) is 5.10 Å². The fraction of sp³-hybridized carbons (Fsp3) is 0.667. The van der Waals surface area contributed by atoms with Gasteiger partial charge in [0, 0.05) is 32.8 Å². The maximum Gasteiger partial charge on any atom is 0.274 e. The fourth-order valence-electron chi connectivity index (χ4n) is 4.08. The van der Waals surface area contributed by atoms with E-state index in [1.165, 1.54) is 0 Å². The van der Waals surface area contributed by atoms with Crippen molar-refractivity contribution in [1.29, 1.82) is 0 Å². The molecule has 2 amide bonds. The highest BCUT2D eigenvalue weighted by Gasteiger charge is 2.50. The molecule has 3 heterocycles. The molecule has 1 atom stereocenters. The van der Waals surface area contributed by atoms with Gasteiger partial charge in [-0.1, -0.05) is 0 Å². The maximum atomic E-state index is 12.5. The summed E-state index contributed by atoms with van der Waals surface area (Å²) in [5, 5.41) is 18.3. The van der Waals surface area contributed by atoms with Crippen LogP contribution >= 0.6 is 0 Å². The number of aliphatic hydroxyl groups is 1. The number of amides is 2. The van der Waals surface area contributed by atoms with Crippen LogP contribution in [0.4, 0.5) is 0 Å². The zero-order valence-corrected chi connectivity index (χ0v) is 15.1. The van der Waals surface area contributed by atoms with Gasteiger partial charge in [0.2, 0.25) is 5.91 Å².